The first kappa shape index (κ1) is 24.9. The summed E-state index contributed by atoms with van der Waals surface area (Å²) in [6.45, 7) is 1.05. The van der Waals surface area contributed by atoms with Crippen molar-refractivity contribution in [3.63, 3.8) is 0 Å². The topological polar surface area (TPSA) is 125 Å². The van der Waals surface area contributed by atoms with Crippen LogP contribution >= 0.6 is 11.3 Å². The molecule has 1 saturated heterocycles. The third-order valence-corrected chi connectivity index (χ3v) is 8.10. The Kier molecular flexibility index (Phi) is 7.89. The number of sulfonamides is 1. The van der Waals surface area contributed by atoms with Gasteiger partial charge in [-0.05, 0) is 48.6 Å². The van der Waals surface area contributed by atoms with E-state index in [1.54, 1.807) is 16.2 Å². The Morgan fingerprint density at radius 3 is 2.52 bits per heavy atom. The van der Waals surface area contributed by atoms with Crippen molar-refractivity contribution in [2.24, 2.45) is 0 Å². The molecular weight excluding hydrogens is 470 g/mol. The SMILES string of the molecule is COc1ccc(S(=O)(=O)N2CCN(C(=O)NCC(c3ccsc3)N(C)C)CC2)cc1[N+](=O)[O-]. The zero-order valence-electron chi connectivity index (χ0n) is 18.6. The van der Waals surface area contributed by atoms with Gasteiger partial charge >= 0.3 is 11.7 Å². The summed E-state index contributed by atoms with van der Waals surface area (Å²) < 4.78 is 32.2. The number of rotatable bonds is 8. The molecule has 1 fully saturated rings. The number of nitrogens with one attached hydrogen (secondary N) is 1. The monoisotopic (exact) mass is 497 g/mol. The molecule has 33 heavy (non-hydrogen) atoms. The number of thiophene rings is 1. The molecule has 2 amide bonds. The molecule has 0 bridgehead atoms. The predicted octanol–water partition coefficient (Wildman–Crippen LogP) is 1.98. The molecule has 1 atom stereocenters. The van der Waals surface area contributed by atoms with Gasteiger partial charge in [0, 0.05) is 38.8 Å². The fraction of sp³-hybridized carbons (Fsp3) is 0.450. The molecule has 0 aliphatic carbocycles. The van der Waals surface area contributed by atoms with Crippen LogP contribution in [0.25, 0.3) is 0 Å². The van der Waals surface area contributed by atoms with Gasteiger partial charge in [0.2, 0.25) is 10.0 Å². The zero-order chi connectivity index (χ0) is 24.2. The molecular formula is C20H27N5O6S2. The van der Waals surface area contributed by atoms with E-state index in [4.69, 9.17) is 4.74 Å². The van der Waals surface area contributed by atoms with Gasteiger partial charge in [-0.3, -0.25) is 10.1 Å². The number of benzene rings is 1. The molecule has 1 aromatic carbocycles. The molecule has 1 N–H and O–H groups in total. The second-order valence-corrected chi connectivity index (χ2v) is 10.4. The minimum Gasteiger partial charge on any atom is -0.490 e. The van der Waals surface area contributed by atoms with Crippen LogP contribution in [-0.4, -0.2) is 87.4 Å². The van der Waals surface area contributed by atoms with Gasteiger partial charge in [-0.15, -0.1) is 0 Å². The highest BCUT2D eigenvalue weighted by atomic mass is 32.2. The van der Waals surface area contributed by atoms with Crippen molar-refractivity contribution in [2.45, 2.75) is 10.9 Å². The molecule has 1 aliphatic rings. The lowest BCUT2D eigenvalue weighted by Gasteiger charge is -2.34. The van der Waals surface area contributed by atoms with E-state index in [0.717, 1.165) is 11.6 Å². The third kappa shape index (κ3) is 5.61. The van der Waals surface area contributed by atoms with Crippen molar-refractivity contribution in [3.8, 4) is 5.75 Å². The van der Waals surface area contributed by atoms with Crippen LogP contribution in [0.3, 0.4) is 0 Å². The number of piperazine rings is 1. The molecule has 11 nitrogen and oxygen atoms in total. The highest BCUT2D eigenvalue weighted by Gasteiger charge is 2.32. The Balaban J connectivity index is 1.61. The summed E-state index contributed by atoms with van der Waals surface area (Å²) in [6.07, 6.45) is 0. The maximum absolute atomic E-state index is 13.0. The van der Waals surface area contributed by atoms with Gasteiger partial charge in [-0.1, -0.05) is 0 Å². The van der Waals surface area contributed by atoms with Crippen LogP contribution in [0.1, 0.15) is 11.6 Å². The fourth-order valence-electron chi connectivity index (χ4n) is 3.61. The molecule has 0 radical (unpaired) electrons. The summed E-state index contributed by atoms with van der Waals surface area (Å²) in [5.74, 6) is -0.0149. The van der Waals surface area contributed by atoms with Crippen molar-refractivity contribution in [1.82, 2.24) is 19.4 Å². The maximum Gasteiger partial charge on any atom is 0.317 e. The molecule has 180 valence electrons. The number of likely N-dealkylation sites (N-methyl/N-ethyl adjacent to an activating group) is 1. The third-order valence-electron chi connectivity index (χ3n) is 5.51. The lowest BCUT2D eigenvalue weighted by molar-refractivity contribution is -0.386. The molecule has 1 unspecified atom stereocenters. The number of nitro groups is 1. The Morgan fingerprint density at radius 2 is 1.97 bits per heavy atom. The van der Waals surface area contributed by atoms with E-state index >= 15 is 0 Å². The molecule has 2 heterocycles. The van der Waals surface area contributed by atoms with Crippen LogP contribution in [-0.2, 0) is 10.0 Å². The Morgan fingerprint density at radius 1 is 1.27 bits per heavy atom. The summed E-state index contributed by atoms with van der Waals surface area (Å²) in [7, 11) is 1.22. The van der Waals surface area contributed by atoms with Crippen LogP contribution in [0.15, 0.2) is 39.9 Å². The zero-order valence-corrected chi connectivity index (χ0v) is 20.3. The number of nitro benzene ring substituents is 1. The number of ether oxygens (including phenoxy) is 1. The van der Waals surface area contributed by atoms with E-state index < -0.39 is 20.6 Å². The second-order valence-electron chi connectivity index (χ2n) is 7.70. The molecule has 3 rings (SSSR count). The number of hydrogen-bond donors (Lipinski definition) is 1. The van der Waals surface area contributed by atoms with Crippen molar-refractivity contribution in [2.75, 3.05) is 53.9 Å². The summed E-state index contributed by atoms with van der Waals surface area (Å²) in [5.41, 5.74) is 0.701. The molecule has 2 aromatic rings. The van der Waals surface area contributed by atoms with Gasteiger partial charge in [0.1, 0.15) is 0 Å². The van der Waals surface area contributed by atoms with E-state index in [1.165, 1.54) is 23.5 Å². The predicted molar refractivity (Wildman–Crippen MR) is 124 cm³/mol. The van der Waals surface area contributed by atoms with Crippen molar-refractivity contribution >= 4 is 33.1 Å². The van der Waals surface area contributed by atoms with Gasteiger partial charge in [0.05, 0.1) is 23.0 Å². The van der Waals surface area contributed by atoms with Gasteiger partial charge in [-0.25, -0.2) is 13.2 Å². The second kappa shape index (κ2) is 10.5. The van der Waals surface area contributed by atoms with E-state index in [1.807, 2.05) is 35.8 Å². The number of methoxy groups -OCH3 is 1. The number of urea groups is 1. The average Bonchev–Trinajstić information content (AvgIpc) is 3.32. The molecule has 0 saturated carbocycles. The Hall–Kier alpha value is -2.74. The smallest absolute Gasteiger partial charge is 0.317 e. The first-order valence-electron chi connectivity index (χ1n) is 10.2. The molecule has 1 aliphatic heterocycles. The van der Waals surface area contributed by atoms with Crippen LogP contribution in [0.4, 0.5) is 10.5 Å². The average molecular weight is 498 g/mol. The summed E-state index contributed by atoms with van der Waals surface area (Å²) >= 11 is 1.60. The maximum atomic E-state index is 13.0. The van der Waals surface area contributed by atoms with E-state index in [-0.39, 0.29) is 48.9 Å². The minimum atomic E-state index is -3.95. The first-order valence-corrected chi connectivity index (χ1v) is 12.6. The highest BCUT2D eigenvalue weighted by molar-refractivity contribution is 7.89. The van der Waals surface area contributed by atoms with Crippen LogP contribution in [0, 0.1) is 10.1 Å². The lowest BCUT2D eigenvalue weighted by Crippen LogP contribution is -2.53. The van der Waals surface area contributed by atoms with Crippen LogP contribution in [0.2, 0.25) is 0 Å². The Bertz CT molecular complexity index is 1080. The lowest BCUT2D eigenvalue weighted by atomic mass is 10.1. The largest absolute Gasteiger partial charge is 0.490 e. The summed E-state index contributed by atoms with van der Waals surface area (Å²) in [5, 5.41) is 18.2. The number of carbonyl (C=O) groups is 1. The van der Waals surface area contributed by atoms with E-state index in [2.05, 4.69) is 5.32 Å². The van der Waals surface area contributed by atoms with Crippen molar-refractivity contribution in [1.29, 1.82) is 0 Å². The van der Waals surface area contributed by atoms with E-state index in [9.17, 15) is 23.3 Å². The fourth-order valence-corrected chi connectivity index (χ4v) is 5.76. The van der Waals surface area contributed by atoms with E-state index in [0.29, 0.717) is 6.54 Å². The van der Waals surface area contributed by atoms with Crippen LogP contribution in [0.5, 0.6) is 5.75 Å². The number of nitrogens with zero attached hydrogens (tertiary/aromatic N) is 4. The highest BCUT2D eigenvalue weighted by Crippen LogP contribution is 2.30. The standard InChI is InChI=1S/C20H27N5O6S2/c1-22(2)18(15-6-11-32-14-15)13-21-20(26)23-7-9-24(10-8-23)33(29,30)16-4-5-19(31-3)17(12-16)25(27)28/h4-6,11-12,14,18H,7-10,13H2,1-3H3,(H,21,26). The molecule has 13 heteroatoms. The Labute approximate surface area is 196 Å². The molecule has 0 spiro atoms. The molecule has 1 aromatic heterocycles. The quantitative estimate of drug-likeness (QED) is 0.437. The van der Waals surface area contributed by atoms with Gasteiger partial charge in [-0.2, -0.15) is 15.6 Å². The first-order chi connectivity index (χ1) is 15.6. The van der Waals surface area contributed by atoms with Crippen molar-refractivity contribution < 1.29 is 22.9 Å². The van der Waals surface area contributed by atoms with Gasteiger partial charge in [0.15, 0.2) is 5.75 Å². The summed E-state index contributed by atoms with van der Waals surface area (Å²) in [4.78, 5) is 26.6. The number of hydrogen-bond acceptors (Lipinski definition) is 8. The van der Waals surface area contributed by atoms with Crippen molar-refractivity contribution in [3.05, 3.63) is 50.7 Å². The number of amides is 2. The minimum absolute atomic E-state index is 0.0149. The van der Waals surface area contributed by atoms with Gasteiger partial charge < -0.3 is 19.9 Å². The normalized spacial score (nSPS) is 15.9. The summed E-state index contributed by atoms with van der Waals surface area (Å²) in [6, 6.07) is 5.35. The van der Waals surface area contributed by atoms with Gasteiger partial charge in [0.25, 0.3) is 0 Å². The van der Waals surface area contributed by atoms with Crippen LogP contribution < -0.4 is 10.1 Å². The number of carbonyl (C=O) groups excluding carboxylic acids is 1.